The Labute approximate surface area is 320 Å². The normalized spacial score (nSPS) is 12.3. The Hall–Kier alpha value is -7.56. The molecular weight excluding hydrogens is 681 g/mol. The van der Waals surface area contributed by atoms with Gasteiger partial charge in [0.05, 0.1) is 38.8 Å². The highest BCUT2D eigenvalue weighted by Gasteiger charge is 2.21. The number of fused-ring (bicyclic) bond motifs is 13. The lowest BCUT2D eigenvalue weighted by atomic mass is 9.98. The van der Waals surface area contributed by atoms with Crippen molar-refractivity contribution in [2.75, 3.05) is 0 Å². The van der Waals surface area contributed by atoms with Gasteiger partial charge in [0.15, 0.2) is 0 Å². The molecule has 0 aliphatic rings. The average molecular weight is 711 g/mol. The molecule has 0 fully saturated rings. The molecule has 258 valence electrons. The first-order valence-corrected chi connectivity index (χ1v) is 19.2. The summed E-state index contributed by atoms with van der Waals surface area (Å²) < 4.78 is 4.69. The number of para-hydroxylation sites is 3. The van der Waals surface area contributed by atoms with Gasteiger partial charge in [-0.3, -0.25) is 4.57 Å². The van der Waals surface area contributed by atoms with Gasteiger partial charge in [0.25, 0.3) is 0 Å². The molecule has 13 aromatic rings. The summed E-state index contributed by atoms with van der Waals surface area (Å²) in [7, 11) is 0. The molecule has 0 saturated heterocycles. The maximum absolute atomic E-state index is 5.51. The van der Waals surface area contributed by atoms with E-state index in [4.69, 9.17) is 9.97 Å². The summed E-state index contributed by atoms with van der Waals surface area (Å²) in [4.78, 5) is 10.9. The smallest absolute Gasteiger partial charge is 0.235 e. The quantitative estimate of drug-likeness (QED) is 0.171. The third-order valence-corrected chi connectivity index (χ3v) is 12.0. The second-order valence-corrected chi connectivity index (χ2v) is 15.0. The van der Waals surface area contributed by atoms with Crippen molar-refractivity contribution in [3.8, 4) is 28.3 Å². The van der Waals surface area contributed by atoms with Crippen molar-refractivity contribution in [3.05, 3.63) is 182 Å². The van der Waals surface area contributed by atoms with E-state index in [1.807, 2.05) is 0 Å². The lowest BCUT2D eigenvalue weighted by molar-refractivity contribution is 1.01. The summed E-state index contributed by atoms with van der Waals surface area (Å²) in [5, 5.41) is 13.3. The van der Waals surface area contributed by atoms with Gasteiger partial charge >= 0.3 is 0 Å². The topological polar surface area (TPSA) is 35.1 Å². The third kappa shape index (κ3) is 4.02. The van der Waals surface area contributed by atoms with E-state index in [1.54, 1.807) is 0 Å². The number of rotatable bonds is 3. The highest BCUT2D eigenvalue weighted by atomic mass is 15.2. The molecule has 0 unspecified atom stereocenters. The Morgan fingerprint density at radius 2 is 0.893 bits per heavy atom. The molecule has 4 nitrogen and oxygen atoms in total. The zero-order chi connectivity index (χ0) is 36.5. The maximum Gasteiger partial charge on any atom is 0.235 e. The van der Waals surface area contributed by atoms with E-state index >= 15 is 0 Å². The summed E-state index contributed by atoms with van der Waals surface area (Å²) in [5.41, 5.74) is 11.3. The fourth-order valence-electron chi connectivity index (χ4n) is 9.52. The standard InChI is InChI=1S/C52H30N4/c1-2-13-33-27-35(22-21-31(33)11-1)50-49-37-14-4-3-12-32(37)23-25-44(49)53-52(54-50)56-47-20-10-5-15-38(47)41-28-34(24-26-48(41)56)36-29-42-39-16-6-8-18-45(39)55-46-19-9-7-17-40(46)43(30-36)51(42)55/h1-30H. The fourth-order valence-corrected chi connectivity index (χ4v) is 9.52. The van der Waals surface area contributed by atoms with Gasteiger partial charge in [0.2, 0.25) is 5.95 Å². The van der Waals surface area contributed by atoms with Crippen LogP contribution in [0.4, 0.5) is 0 Å². The van der Waals surface area contributed by atoms with Gasteiger partial charge in [-0.2, -0.15) is 0 Å². The van der Waals surface area contributed by atoms with Crippen LogP contribution in [-0.2, 0) is 0 Å². The minimum Gasteiger partial charge on any atom is -0.308 e. The molecule has 0 aliphatic heterocycles. The van der Waals surface area contributed by atoms with Crippen LogP contribution in [0.2, 0.25) is 0 Å². The van der Waals surface area contributed by atoms with E-state index in [9.17, 15) is 0 Å². The lowest BCUT2D eigenvalue weighted by Crippen LogP contribution is -2.03. The Bertz CT molecular complexity index is 3690. The molecule has 13 rings (SSSR count). The average Bonchev–Trinajstić information content (AvgIpc) is 3.90. The molecule has 56 heavy (non-hydrogen) atoms. The van der Waals surface area contributed by atoms with Crippen LogP contribution in [0.5, 0.6) is 0 Å². The first-order chi connectivity index (χ1) is 27.8. The predicted molar refractivity (Wildman–Crippen MR) is 234 cm³/mol. The Morgan fingerprint density at radius 1 is 0.339 bits per heavy atom. The minimum atomic E-state index is 0.661. The molecule has 9 aromatic carbocycles. The minimum absolute atomic E-state index is 0.661. The van der Waals surface area contributed by atoms with Crippen molar-refractivity contribution in [2.45, 2.75) is 0 Å². The second-order valence-electron chi connectivity index (χ2n) is 15.0. The first-order valence-electron chi connectivity index (χ1n) is 19.2. The first kappa shape index (κ1) is 29.8. The number of hydrogen-bond acceptors (Lipinski definition) is 2. The molecule has 0 saturated carbocycles. The molecule has 4 heteroatoms. The van der Waals surface area contributed by atoms with E-state index in [2.05, 4.69) is 191 Å². The third-order valence-electron chi connectivity index (χ3n) is 12.0. The van der Waals surface area contributed by atoms with Crippen LogP contribution in [0.25, 0.3) is 121 Å². The van der Waals surface area contributed by atoms with E-state index < -0.39 is 0 Å². The number of nitrogens with zero attached hydrogens (tertiary/aromatic N) is 4. The van der Waals surface area contributed by atoms with E-state index in [-0.39, 0.29) is 0 Å². The van der Waals surface area contributed by atoms with Crippen molar-refractivity contribution in [1.29, 1.82) is 0 Å². The van der Waals surface area contributed by atoms with Gasteiger partial charge < -0.3 is 4.40 Å². The summed E-state index contributed by atoms with van der Waals surface area (Å²) in [5.74, 6) is 0.661. The fraction of sp³-hybridized carbons (Fsp3) is 0. The summed E-state index contributed by atoms with van der Waals surface area (Å²) in [6, 6.07) is 65.9. The zero-order valence-corrected chi connectivity index (χ0v) is 30.1. The number of benzene rings is 9. The monoisotopic (exact) mass is 710 g/mol. The lowest BCUT2D eigenvalue weighted by Gasteiger charge is -2.14. The Balaban J connectivity index is 1.07. The Morgan fingerprint density at radius 3 is 1.64 bits per heavy atom. The summed E-state index contributed by atoms with van der Waals surface area (Å²) >= 11 is 0. The highest BCUT2D eigenvalue weighted by Crippen LogP contribution is 2.43. The van der Waals surface area contributed by atoms with E-state index in [0.29, 0.717) is 5.95 Å². The molecule has 0 bridgehead atoms. The van der Waals surface area contributed by atoms with Gasteiger partial charge in [-0.25, -0.2) is 9.97 Å². The van der Waals surface area contributed by atoms with E-state index in [0.717, 1.165) is 38.6 Å². The van der Waals surface area contributed by atoms with Gasteiger partial charge in [0.1, 0.15) is 0 Å². The maximum atomic E-state index is 5.51. The molecule has 0 spiro atoms. The molecule has 0 radical (unpaired) electrons. The molecule has 0 atom stereocenters. The highest BCUT2D eigenvalue weighted by molar-refractivity contribution is 6.24. The van der Waals surface area contributed by atoms with Gasteiger partial charge in [0, 0.05) is 43.3 Å². The molecule has 4 aromatic heterocycles. The predicted octanol–water partition coefficient (Wildman–Crippen LogP) is 13.5. The molecule has 0 amide bonds. The summed E-state index contributed by atoms with van der Waals surface area (Å²) in [6.07, 6.45) is 0. The molecule has 4 heterocycles. The van der Waals surface area contributed by atoms with Crippen molar-refractivity contribution in [2.24, 2.45) is 0 Å². The van der Waals surface area contributed by atoms with Crippen LogP contribution in [0.1, 0.15) is 0 Å². The largest absolute Gasteiger partial charge is 0.308 e. The van der Waals surface area contributed by atoms with E-state index in [1.165, 1.54) is 76.2 Å². The van der Waals surface area contributed by atoms with Gasteiger partial charge in [-0.15, -0.1) is 0 Å². The van der Waals surface area contributed by atoms with Crippen molar-refractivity contribution in [3.63, 3.8) is 0 Å². The Kier molecular flexibility index (Phi) is 5.86. The zero-order valence-electron chi connectivity index (χ0n) is 30.1. The van der Waals surface area contributed by atoms with Crippen LogP contribution in [-0.4, -0.2) is 18.9 Å². The van der Waals surface area contributed by atoms with Crippen LogP contribution in [0.15, 0.2) is 182 Å². The van der Waals surface area contributed by atoms with Crippen LogP contribution < -0.4 is 0 Å². The van der Waals surface area contributed by atoms with Crippen molar-refractivity contribution < 1.29 is 0 Å². The molecule has 0 aliphatic carbocycles. The van der Waals surface area contributed by atoms with Crippen LogP contribution in [0.3, 0.4) is 0 Å². The second kappa shape index (κ2) is 11.0. The van der Waals surface area contributed by atoms with Crippen LogP contribution in [0, 0.1) is 0 Å². The van der Waals surface area contributed by atoms with Gasteiger partial charge in [-0.05, 0) is 87.3 Å². The number of hydrogen-bond donors (Lipinski definition) is 0. The van der Waals surface area contributed by atoms with Crippen molar-refractivity contribution >= 4 is 92.3 Å². The SMILES string of the molecule is c1ccc2cc(-c3nc(-n4c5ccccc5c5cc(-c6cc7c8ccccc8n8c9ccccc9c(c6)c78)ccc54)nc4ccc5ccccc5c34)ccc2c1. The van der Waals surface area contributed by atoms with Crippen molar-refractivity contribution in [1.82, 2.24) is 18.9 Å². The molecular formula is C52H30N4. The number of aromatic nitrogens is 4. The summed E-state index contributed by atoms with van der Waals surface area (Å²) in [6.45, 7) is 0. The molecule has 0 N–H and O–H groups in total. The van der Waals surface area contributed by atoms with Gasteiger partial charge in [-0.1, -0.05) is 127 Å². The van der Waals surface area contributed by atoms with Crippen LogP contribution >= 0.6 is 0 Å².